The molecule has 2 bridgehead atoms. The van der Waals surface area contributed by atoms with Gasteiger partial charge in [-0.2, -0.15) is 0 Å². The Balaban J connectivity index is 1.34. The van der Waals surface area contributed by atoms with Crippen molar-refractivity contribution in [3.63, 3.8) is 0 Å². The van der Waals surface area contributed by atoms with Gasteiger partial charge >= 0.3 is 4.87 Å². The number of fused-ring (bicyclic) bond motifs is 9. The first kappa shape index (κ1) is 19.7. The lowest BCUT2D eigenvalue weighted by Crippen LogP contribution is -2.42. The van der Waals surface area contributed by atoms with Crippen LogP contribution in [0.15, 0.2) is 64.4 Å². The highest BCUT2D eigenvalue weighted by molar-refractivity contribution is 8.00. The number of amides is 2. The fourth-order valence-corrected chi connectivity index (χ4v) is 9.78. The molecule has 5 nitrogen and oxygen atoms in total. The van der Waals surface area contributed by atoms with E-state index in [1.54, 1.807) is 23.9 Å². The number of H-pyrrole nitrogens is 1. The van der Waals surface area contributed by atoms with Crippen molar-refractivity contribution in [2.24, 2.45) is 29.6 Å². The number of hydrogen-bond acceptors (Lipinski definition) is 5. The van der Waals surface area contributed by atoms with Crippen LogP contribution in [-0.2, 0) is 9.59 Å². The van der Waals surface area contributed by atoms with E-state index in [4.69, 9.17) is 0 Å². The minimum absolute atomic E-state index is 0.0584. The Labute approximate surface area is 197 Å². The summed E-state index contributed by atoms with van der Waals surface area (Å²) in [5.74, 6) is -0.946. The number of hydrogen-bond donors (Lipinski definition) is 1. The molecule has 2 aliphatic carbocycles. The van der Waals surface area contributed by atoms with Gasteiger partial charge in [0.25, 0.3) is 0 Å². The van der Waals surface area contributed by atoms with Gasteiger partial charge in [-0.3, -0.25) is 19.3 Å². The zero-order chi connectivity index (χ0) is 22.4. The van der Waals surface area contributed by atoms with E-state index >= 15 is 0 Å². The molecule has 0 spiro atoms. The SMILES string of the molecule is O=C1[C@@H]2[C@@H]3C[C@@H]([C@H]4Sc5[nH]c(=O)sc5[C@@H](c5ccc(F)cc5)[C@@H]34)[C@@H]2C(=O)N1c1ccccc1. The number of imide groups is 1. The average Bonchev–Trinajstić information content (AvgIpc) is 3.54. The molecular weight excluding hydrogens is 459 g/mol. The number of halogens is 1. The summed E-state index contributed by atoms with van der Waals surface area (Å²) in [6.45, 7) is 0. The van der Waals surface area contributed by atoms with Crippen LogP contribution in [0.1, 0.15) is 22.8 Å². The van der Waals surface area contributed by atoms with Gasteiger partial charge in [-0.15, -0.1) is 11.8 Å². The van der Waals surface area contributed by atoms with E-state index in [0.29, 0.717) is 5.69 Å². The molecule has 3 heterocycles. The van der Waals surface area contributed by atoms with Crippen LogP contribution < -0.4 is 9.77 Å². The predicted octanol–water partition coefficient (Wildman–Crippen LogP) is 4.25. The number of anilines is 1. The number of thioether (sulfide) groups is 1. The number of para-hydroxylation sites is 1. The minimum atomic E-state index is -0.329. The van der Waals surface area contributed by atoms with Gasteiger partial charge in [0.05, 0.1) is 22.5 Å². The molecule has 166 valence electrons. The van der Waals surface area contributed by atoms with Crippen LogP contribution in [0.25, 0.3) is 0 Å². The van der Waals surface area contributed by atoms with Crippen LogP contribution >= 0.6 is 23.1 Å². The molecule has 7 atom stereocenters. The summed E-state index contributed by atoms with van der Waals surface area (Å²) in [7, 11) is 0. The van der Waals surface area contributed by atoms with Gasteiger partial charge in [-0.05, 0) is 54.0 Å². The highest BCUT2D eigenvalue weighted by Crippen LogP contribution is 2.68. The number of nitrogens with zero attached hydrogens (tertiary/aromatic N) is 1. The Hall–Kier alpha value is -2.71. The minimum Gasteiger partial charge on any atom is -0.307 e. The molecule has 0 unspecified atom stereocenters. The lowest BCUT2D eigenvalue weighted by Gasteiger charge is -2.43. The Morgan fingerprint density at radius 1 is 0.909 bits per heavy atom. The molecular formula is C25H19FN2O3S2. The summed E-state index contributed by atoms with van der Waals surface area (Å²) < 4.78 is 13.7. The number of carbonyl (C=O) groups is 2. The fraction of sp³-hybridized carbons (Fsp3) is 0.320. The summed E-state index contributed by atoms with van der Waals surface area (Å²) in [6, 6.07) is 15.7. The van der Waals surface area contributed by atoms with Crippen LogP contribution in [0.5, 0.6) is 0 Å². The maximum absolute atomic E-state index is 13.7. The molecule has 1 saturated heterocycles. The molecule has 8 heteroatoms. The normalized spacial score (nSPS) is 33.8. The third-order valence-corrected chi connectivity index (χ3v) is 10.6. The highest BCUT2D eigenvalue weighted by Gasteiger charge is 2.69. The van der Waals surface area contributed by atoms with Crippen molar-refractivity contribution in [1.82, 2.24) is 4.98 Å². The standard InChI is InChI=1S/C25H19FN2O3S2/c26-12-8-6-11(7-9-12)16-17-14-10-15(20(17)32-22-21(16)33-25(31)27-22)19-18(14)23(29)28(24(19)30)13-4-2-1-3-5-13/h1-9,14-20H,10H2,(H,27,31)/t14-,15-,16+,17-,18-,19+,20-/m1/s1. The van der Waals surface area contributed by atoms with Gasteiger partial charge in [0, 0.05) is 16.0 Å². The van der Waals surface area contributed by atoms with Gasteiger partial charge in [-0.25, -0.2) is 4.39 Å². The van der Waals surface area contributed by atoms with Crippen molar-refractivity contribution < 1.29 is 14.0 Å². The van der Waals surface area contributed by atoms with Gasteiger partial charge < -0.3 is 4.98 Å². The average molecular weight is 479 g/mol. The summed E-state index contributed by atoms with van der Waals surface area (Å²) >= 11 is 2.87. The summed E-state index contributed by atoms with van der Waals surface area (Å²) in [6.07, 6.45) is 0.842. The van der Waals surface area contributed by atoms with Gasteiger partial charge in [0.15, 0.2) is 0 Å². The number of aromatic nitrogens is 1. The van der Waals surface area contributed by atoms with Crippen LogP contribution in [0.3, 0.4) is 0 Å². The molecule has 0 radical (unpaired) electrons. The summed E-state index contributed by atoms with van der Waals surface area (Å²) in [5.41, 5.74) is 1.60. The maximum Gasteiger partial charge on any atom is 0.305 e. The van der Waals surface area contributed by atoms with Crippen molar-refractivity contribution in [1.29, 1.82) is 0 Å². The number of aromatic amines is 1. The monoisotopic (exact) mass is 478 g/mol. The Kier molecular flexibility index (Phi) is 4.13. The second-order valence-corrected chi connectivity index (χ2v) is 11.6. The molecule has 2 amide bonds. The summed E-state index contributed by atoms with van der Waals surface area (Å²) in [5, 5.41) is 0.998. The summed E-state index contributed by atoms with van der Waals surface area (Å²) in [4.78, 5) is 44.6. The van der Waals surface area contributed by atoms with Crippen molar-refractivity contribution in [2.45, 2.75) is 22.6 Å². The van der Waals surface area contributed by atoms with Crippen molar-refractivity contribution in [3.8, 4) is 0 Å². The first-order valence-electron chi connectivity index (χ1n) is 11.1. The van der Waals surface area contributed by atoms with E-state index in [1.165, 1.54) is 28.4 Å². The maximum atomic E-state index is 13.7. The van der Waals surface area contributed by atoms with Crippen molar-refractivity contribution in [2.75, 3.05) is 4.90 Å². The van der Waals surface area contributed by atoms with E-state index in [-0.39, 0.29) is 63.3 Å². The number of nitrogens with one attached hydrogen (secondary N) is 1. The molecule has 33 heavy (non-hydrogen) atoms. The quantitative estimate of drug-likeness (QED) is 0.559. The Morgan fingerprint density at radius 2 is 1.61 bits per heavy atom. The predicted molar refractivity (Wildman–Crippen MR) is 124 cm³/mol. The number of thiazole rings is 1. The second kappa shape index (κ2) is 6.90. The first-order chi connectivity index (χ1) is 16.0. The van der Waals surface area contributed by atoms with E-state index in [9.17, 15) is 18.8 Å². The van der Waals surface area contributed by atoms with E-state index in [2.05, 4.69) is 4.98 Å². The first-order valence-corrected chi connectivity index (χ1v) is 12.8. The molecule has 7 rings (SSSR count). The Morgan fingerprint density at radius 3 is 2.33 bits per heavy atom. The zero-order valence-electron chi connectivity index (χ0n) is 17.3. The van der Waals surface area contributed by atoms with Crippen LogP contribution in [0.2, 0.25) is 0 Å². The number of benzene rings is 2. The smallest absolute Gasteiger partial charge is 0.305 e. The van der Waals surface area contributed by atoms with Crippen LogP contribution in [0, 0.1) is 35.4 Å². The molecule has 4 aliphatic rings. The van der Waals surface area contributed by atoms with Crippen LogP contribution in [-0.4, -0.2) is 22.0 Å². The highest BCUT2D eigenvalue weighted by atomic mass is 32.2. The molecule has 3 fully saturated rings. The second-order valence-electron chi connectivity index (χ2n) is 9.36. The fourth-order valence-electron chi connectivity index (χ4n) is 6.89. The molecule has 3 aromatic rings. The molecule has 2 saturated carbocycles. The topological polar surface area (TPSA) is 70.2 Å². The third kappa shape index (κ3) is 2.62. The molecule has 2 aliphatic heterocycles. The third-order valence-electron chi connectivity index (χ3n) is 7.97. The van der Waals surface area contributed by atoms with Gasteiger partial charge in [-0.1, -0.05) is 41.7 Å². The van der Waals surface area contributed by atoms with Crippen LogP contribution in [0.4, 0.5) is 10.1 Å². The number of rotatable bonds is 2. The zero-order valence-corrected chi connectivity index (χ0v) is 18.9. The lowest BCUT2D eigenvalue weighted by atomic mass is 9.68. The van der Waals surface area contributed by atoms with Gasteiger partial charge in [0.1, 0.15) is 5.82 Å². The number of carbonyl (C=O) groups excluding carboxylic acids is 2. The molecule has 1 aromatic heterocycles. The lowest BCUT2D eigenvalue weighted by molar-refractivity contribution is -0.123. The van der Waals surface area contributed by atoms with Crippen molar-refractivity contribution in [3.05, 3.63) is 80.5 Å². The molecule has 2 aromatic carbocycles. The van der Waals surface area contributed by atoms with E-state index in [0.717, 1.165) is 21.9 Å². The van der Waals surface area contributed by atoms with Gasteiger partial charge in [0.2, 0.25) is 11.8 Å². The van der Waals surface area contributed by atoms with Crippen molar-refractivity contribution >= 4 is 40.6 Å². The van der Waals surface area contributed by atoms with E-state index in [1.807, 2.05) is 30.3 Å². The largest absolute Gasteiger partial charge is 0.307 e. The Bertz CT molecular complexity index is 1350. The van der Waals surface area contributed by atoms with E-state index < -0.39 is 0 Å². The molecule has 1 N–H and O–H groups in total.